The van der Waals surface area contributed by atoms with E-state index in [2.05, 4.69) is 11.9 Å². The molecule has 1 N–H and O–H groups in total. The molecule has 1 aromatic carbocycles. The van der Waals surface area contributed by atoms with Gasteiger partial charge in [0.15, 0.2) is 6.61 Å². The quantitative estimate of drug-likeness (QED) is 0.586. The molecule has 1 rings (SSSR count). The first-order chi connectivity index (χ1) is 9.49. The highest BCUT2D eigenvalue weighted by molar-refractivity contribution is 5.77. The molecule has 0 atom stereocenters. The van der Waals surface area contributed by atoms with Crippen LogP contribution in [0.5, 0.6) is 5.75 Å². The molecule has 1 amide bonds. The summed E-state index contributed by atoms with van der Waals surface area (Å²) in [6.07, 6.45) is 0. The monoisotopic (exact) mass is 277 g/mol. The third-order valence-electron chi connectivity index (χ3n) is 2.61. The molecule has 0 aromatic heterocycles. The van der Waals surface area contributed by atoms with E-state index in [0.29, 0.717) is 19.8 Å². The van der Waals surface area contributed by atoms with E-state index in [0.717, 1.165) is 16.9 Å². The van der Waals surface area contributed by atoms with Crippen molar-refractivity contribution < 1.29 is 14.3 Å². The van der Waals surface area contributed by atoms with Crippen LogP contribution in [0.15, 0.2) is 30.4 Å². The van der Waals surface area contributed by atoms with Gasteiger partial charge in [0, 0.05) is 6.54 Å². The summed E-state index contributed by atoms with van der Waals surface area (Å²) < 4.78 is 10.8. The zero-order valence-corrected chi connectivity index (χ0v) is 12.5. The number of hydrogen-bond donors (Lipinski definition) is 1. The molecule has 110 valence electrons. The lowest BCUT2D eigenvalue weighted by Crippen LogP contribution is -2.31. The second-order valence-electron chi connectivity index (χ2n) is 4.92. The van der Waals surface area contributed by atoms with E-state index in [1.54, 1.807) is 0 Å². The van der Waals surface area contributed by atoms with Crippen molar-refractivity contribution in [1.29, 1.82) is 0 Å². The van der Waals surface area contributed by atoms with Gasteiger partial charge in [0.1, 0.15) is 5.75 Å². The molecule has 4 heteroatoms. The van der Waals surface area contributed by atoms with Crippen LogP contribution >= 0.6 is 0 Å². The van der Waals surface area contributed by atoms with Crippen LogP contribution in [0.2, 0.25) is 0 Å². The first kappa shape index (κ1) is 16.2. The molecule has 0 saturated heterocycles. The molecule has 0 aliphatic rings. The number of carbonyl (C=O) groups excluding carboxylic acids is 1. The van der Waals surface area contributed by atoms with Gasteiger partial charge >= 0.3 is 0 Å². The van der Waals surface area contributed by atoms with Crippen molar-refractivity contribution in [3.63, 3.8) is 0 Å². The summed E-state index contributed by atoms with van der Waals surface area (Å²) in [7, 11) is 0. The number of benzene rings is 1. The van der Waals surface area contributed by atoms with Crippen molar-refractivity contribution in [2.75, 3.05) is 26.4 Å². The van der Waals surface area contributed by atoms with Crippen molar-refractivity contribution in [3.05, 3.63) is 41.5 Å². The molecule has 0 fully saturated rings. The minimum Gasteiger partial charge on any atom is -0.484 e. The summed E-state index contributed by atoms with van der Waals surface area (Å²) in [5.41, 5.74) is 3.17. The van der Waals surface area contributed by atoms with E-state index in [4.69, 9.17) is 9.47 Å². The van der Waals surface area contributed by atoms with E-state index < -0.39 is 0 Å². The standard InChI is InChI=1S/C16H23NO3/c1-12(2)10-19-8-7-17-16(18)11-20-15-6-5-13(3)9-14(15)4/h5-6,9H,1,7-8,10-11H2,2-4H3,(H,17,18). The molecular formula is C16H23NO3. The fraction of sp³-hybridized carbons (Fsp3) is 0.438. The molecule has 4 nitrogen and oxygen atoms in total. The molecular weight excluding hydrogens is 254 g/mol. The predicted molar refractivity (Wildman–Crippen MR) is 80.1 cm³/mol. The van der Waals surface area contributed by atoms with Gasteiger partial charge in [-0.25, -0.2) is 0 Å². The topological polar surface area (TPSA) is 47.6 Å². The van der Waals surface area contributed by atoms with Gasteiger partial charge < -0.3 is 14.8 Å². The number of rotatable bonds is 8. The minimum atomic E-state index is -0.149. The van der Waals surface area contributed by atoms with E-state index in [-0.39, 0.29) is 12.5 Å². The summed E-state index contributed by atoms with van der Waals surface area (Å²) in [6.45, 7) is 11.1. The largest absolute Gasteiger partial charge is 0.484 e. The third kappa shape index (κ3) is 6.38. The van der Waals surface area contributed by atoms with Gasteiger partial charge in [-0.1, -0.05) is 29.8 Å². The zero-order valence-electron chi connectivity index (χ0n) is 12.5. The van der Waals surface area contributed by atoms with Crippen LogP contribution in [-0.4, -0.2) is 32.3 Å². The van der Waals surface area contributed by atoms with Crippen molar-refractivity contribution in [2.45, 2.75) is 20.8 Å². The molecule has 0 aliphatic carbocycles. The molecule has 0 heterocycles. The van der Waals surface area contributed by atoms with Gasteiger partial charge in [-0.15, -0.1) is 0 Å². The minimum absolute atomic E-state index is 0.0182. The normalized spacial score (nSPS) is 10.2. The van der Waals surface area contributed by atoms with Gasteiger partial charge in [-0.2, -0.15) is 0 Å². The number of nitrogens with one attached hydrogen (secondary N) is 1. The smallest absolute Gasteiger partial charge is 0.258 e. The van der Waals surface area contributed by atoms with Crippen molar-refractivity contribution in [1.82, 2.24) is 5.32 Å². The Balaban J connectivity index is 2.21. The predicted octanol–water partition coefficient (Wildman–Crippen LogP) is 2.39. The molecule has 0 saturated carbocycles. The van der Waals surface area contributed by atoms with E-state index >= 15 is 0 Å². The highest BCUT2D eigenvalue weighted by Crippen LogP contribution is 2.18. The Morgan fingerprint density at radius 1 is 1.30 bits per heavy atom. The maximum Gasteiger partial charge on any atom is 0.258 e. The first-order valence-corrected chi connectivity index (χ1v) is 6.68. The number of aryl methyl sites for hydroxylation is 2. The average Bonchev–Trinajstić information content (AvgIpc) is 2.37. The van der Waals surface area contributed by atoms with E-state index in [9.17, 15) is 4.79 Å². The van der Waals surface area contributed by atoms with E-state index in [1.807, 2.05) is 39.0 Å². The van der Waals surface area contributed by atoms with Crippen LogP contribution in [-0.2, 0) is 9.53 Å². The summed E-state index contributed by atoms with van der Waals surface area (Å²) >= 11 is 0. The fourth-order valence-corrected chi connectivity index (χ4v) is 1.66. The van der Waals surface area contributed by atoms with Gasteiger partial charge in [-0.05, 0) is 32.4 Å². The molecule has 0 spiro atoms. The van der Waals surface area contributed by atoms with Crippen LogP contribution in [0.3, 0.4) is 0 Å². The molecule has 20 heavy (non-hydrogen) atoms. The van der Waals surface area contributed by atoms with Gasteiger partial charge in [0.05, 0.1) is 13.2 Å². The number of carbonyl (C=O) groups is 1. The zero-order chi connectivity index (χ0) is 15.0. The van der Waals surface area contributed by atoms with Crippen LogP contribution in [0, 0.1) is 13.8 Å². The van der Waals surface area contributed by atoms with Crippen molar-refractivity contribution >= 4 is 5.91 Å². The SMILES string of the molecule is C=C(C)COCCNC(=O)COc1ccc(C)cc1C. The Labute approximate surface area is 120 Å². The van der Waals surface area contributed by atoms with Gasteiger partial charge in [-0.3, -0.25) is 4.79 Å². The summed E-state index contributed by atoms with van der Waals surface area (Å²) in [5.74, 6) is 0.591. The summed E-state index contributed by atoms with van der Waals surface area (Å²) in [6, 6.07) is 5.87. The Bertz CT molecular complexity index is 469. The highest BCUT2D eigenvalue weighted by atomic mass is 16.5. The second-order valence-corrected chi connectivity index (χ2v) is 4.92. The number of amides is 1. The molecule has 1 aromatic rings. The Kier molecular flexibility index (Phi) is 6.81. The lowest BCUT2D eigenvalue weighted by molar-refractivity contribution is -0.123. The molecule has 0 unspecified atom stereocenters. The van der Waals surface area contributed by atoms with Crippen molar-refractivity contribution in [3.8, 4) is 5.75 Å². The highest BCUT2D eigenvalue weighted by Gasteiger charge is 2.04. The van der Waals surface area contributed by atoms with Crippen LogP contribution in [0.25, 0.3) is 0 Å². The summed E-state index contributed by atoms with van der Waals surface area (Å²) in [5, 5.41) is 2.74. The molecule has 0 radical (unpaired) electrons. The lowest BCUT2D eigenvalue weighted by Gasteiger charge is -2.10. The number of ether oxygens (including phenoxy) is 2. The number of hydrogen-bond acceptors (Lipinski definition) is 3. The molecule has 0 bridgehead atoms. The van der Waals surface area contributed by atoms with Gasteiger partial charge in [0.2, 0.25) is 0 Å². The molecule has 0 aliphatic heterocycles. The lowest BCUT2D eigenvalue weighted by atomic mass is 10.1. The van der Waals surface area contributed by atoms with Gasteiger partial charge in [0.25, 0.3) is 5.91 Å². The fourth-order valence-electron chi connectivity index (χ4n) is 1.66. The maximum atomic E-state index is 11.6. The van der Waals surface area contributed by atoms with Crippen LogP contribution in [0.4, 0.5) is 0 Å². The third-order valence-corrected chi connectivity index (χ3v) is 2.61. The Morgan fingerprint density at radius 3 is 2.70 bits per heavy atom. The maximum absolute atomic E-state index is 11.6. The summed E-state index contributed by atoms with van der Waals surface area (Å²) in [4.78, 5) is 11.6. The van der Waals surface area contributed by atoms with Crippen LogP contribution in [0.1, 0.15) is 18.1 Å². The van der Waals surface area contributed by atoms with E-state index in [1.165, 1.54) is 5.56 Å². The van der Waals surface area contributed by atoms with Crippen molar-refractivity contribution in [2.24, 2.45) is 0 Å². The Morgan fingerprint density at radius 2 is 2.05 bits per heavy atom. The Hall–Kier alpha value is -1.81. The first-order valence-electron chi connectivity index (χ1n) is 6.68. The van der Waals surface area contributed by atoms with Crippen LogP contribution < -0.4 is 10.1 Å². The second kappa shape index (κ2) is 8.38. The average molecular weight is 277 g/mol.